The van der Waals surface area contributed by atoms with Crippen molar-refractivity contribution in [3.05, 3.63) is 39.7 Å². The minimum atomic E-state index is -0.755. The van der Waals surface area contributed by atoms with E-state index in [-0.39, 0.29) is 11.3 Å². The summed E-state index contributed by atoms with van der Waals surface area (Å²) in [5.74, 6) is -0.981. The quantitative estimate of drug-likeness (QED) is 0.672. The Bertz CT molecular complexity index is 539. The van der Waals surface area contributed by atoms with Crippen LogP contribution in [-0.2, 0) is 0 Å². The van der Waals surface area contributed by atoms with E-state index < -0.39 is 22.2 Å². The van der Waals surface area contributed by atoms with Crippen LogP contribution in [0.5, 0.6) is 0 Å². The lowest BCUT2D eigenvalue weighted by Crippen LogP contribution is -2.45. The van der Waals surface area contributed by atoms with Crippen LogP contribution in [0.4, 0.5) is 10.1 Å². The minimum absolute atomic E-state index is 0.289. The number of rotatable bonds is 4. The summed E-state index contributed by atoms with van der Waals surface area (Å²) >= 11 is 0. The molecular weight excluding hydrogens is 251 g/mol. The second kappa shape index (κ2) is 4.60. The van der Waals surface area contributed by atoms with Gasteiger partial charge in [0.05, 0.1) is 10.5 Å². The molecule has 5 nitrogen and oxygen atoms in total. The Balaban J connectivity index is 2.23. The van der Waals surface area contributed by atoms with Gasteiger partial charge in [0.25, 0.3) is 11.6 Å². The van der Waals surface area contributed by atoms with Crippen LogP contribution in [0.25, 0.3) is 0 Å². The van der Waals surface area contributed by atoms with Crippen molar-refractivity contribution >= 4 is 11.6 Å². The zero-order chi connectivity index (χ0) is 14.2. The molecule has 0 aromatic heterocycles. The van der Waals surface area contributed by atoms with E-state index in [9.17, 15) is 19.3 Å². The van der Waals surface area contributed by atoms with Crippen molar-refractivity contribution in [3.63, 3.8) is 0 Å². The van der Waals surface area contributed by atoms with E-state index in [0.717, 1.165) is 31.0 Å². The van der Waals surface area contributed by atoms with E-state index >= 15 is 0 Å². The fraction of sp³-hybridized carbons (Fsp3) is 0.462. The lowest BCUT2D eigenvalue weighted by molar-refractivity contribution is -0.384. The Hall–Kier alpha value is -1.98. The van der Waals surface area contributed by atoms with Gasteiger partial charge >= 0.3 is 0 Å². The average molecular weight is 266 g/mol. The molecule has 1 saturated carbocycles. The van der Waals surface area contributed by atoms with Gasteiger partial charge in [-0.1, -0.05) is 0 Å². The Morgan fingerprint density at radius 3 is 2.63 bits per heavy atom. The van der Waals surface area contributed by atoms with Crippen molar-refractivity contribution in [2.45, 2.75) is 32.2 Å². The summed E-state index contributed by atoms with van der Waals surface area (Å²) in [5.41, 5.74) is -1.01. The van der Waals surface area contributed by atoms with Gasteiger partial charge in [-0.2, -0.15) is 0 Å². The maximum atomic E-state index is 13.6. The van der Waals surface area contributed by atoms with Gasteiger partial charge in [0.2, 0.25) is 0 Å². The molecule has 1 aromatic carbocycles. The first-order valence-corrected chi connectivity index (χ1v) is 6.08. The first-order valence-electron chi connectivity index (χ1n) is 6.08. The van der Waals surface area contributed by atoms with Gasteiger partial charge in [0.1, 0.15) is 5.82 Å². The van der Waals surface area contributed by atoms with Crippen LogP contribution in [0, 0.1) is 21.8 Å². The van der Waals surface area contributed by atoms with Crippen molar-refractivity contribution in [1.29, 1.82) is 0 Å². The highest BCUT2D eigenvalue weighted by Crippen LogP contribution is 2.39. The standard InChI is InChI=1S/C13H15FN2O3/c1-13(2,8-3-4-8)15-12(17)10-7-9(16(18)19)5-6-11(10)14/h5-8H,3-4H2,1-2H3,(H,15,17). The number of halogens is 1. The van der Waals surface area contributed by atoms with Gasteiger partial charge < -0.3 is 5.32 Å². The molecule has 0 saturated heterocycles. The molecule has 1 aliphatic carbocycles. The summed E-state index contributed by atoms with van der Waals surface area (Å²) < 4.78 is 13.6. The van der Waals surface area contributed by atoms with Crippen LogP contribution < -0.4 is 5.32 Å². The number of amides is 1. The molecule has 1 amide bonds. The van der Waals surface area contributed by atoms with E-state index in [1.807, 2.05) is 13.8 Å². The summed E-state index contributed by atoms with van der Waals surface area (Å²) in [7, 11) is 0. The molecule has 6 heteroatoms. The molecule has 0 radical (unpaired) electrons. The summed E-state index contributed by atoms with van der Waals surface area (Å²) in [5, 5.41) is 13.4. The molecule has 19 heavy (non-hydrogen) atoms. The summed E-state index contributed by atoms with van der Waals surface area (Å²) in [4.78, 5) is 22.0. The molecule has 0 bridgehead atoms. The first-order chi connectivity index (χ1) is 8.81. The number of nitrogens with zero attached hydrogens (tertiary/aromatic N) is 1. The third-order valence-electron chi connectivity index (χ3n) is 3.44. The zero-order valence-corrected chi connectivity index (χ0v) is 10.8. The molecule has 102 valence electrons. The van der Waals surface area contributed by atoms with Crippen molar-refractivity contribution in [1.82, 2.24) is 5.32 Å². The van der Waals surface area contributed by atoms with Crippen molar-refractivity contribution < 1.29 is 14.1 Å². The molecule has 0 unspecified atom stereocenters. The highest BCUT2D eigenvalue weighted by atomic mass is 19.1. The smallest absolute Gasteiger partial charge is 0.270 e. The summed E-state index contributed by atoms with van der Waals surface area (Å²) in [6.07, 6.45) is 2.06. The molecule has 0 heterocycles. The number of benzene rings is 1. The van der Waals surface area contributed by atoms with Gasteiger partial charge in [-0.15, -0.1) is 0 Å². The molecule has 1 aliphatic rings. The van der Waals surface area contributed by atoms with Crippen LogP contribution in [0.3, 0.4) is 0 Å². The summed E-state index contributed by atoms with van der Waals surface area (Å²) in [6, 6.07) is 2.95. The largest absolute Gasteiger partial charge is 0.347 e. The number of carbonyl (C=O) groups excluding carboxylic acids is 1. The second-order valence-electron chi connectivity index (χ2n) is 5.37. The minimum Gasteiger partial charge on any atom is -0.347 e. The zero-order valence-electron chi connectivity index (χ0n) is 10.8. The van der Waals surface area contributed by atoms with Crippen molar-refractivity contribution in [2.75, 3.05) is 0 Å². The highest BCUT2D eigenvalue weighted by molar-refractivity contribution is 5.95. The van der Waals surface area contributed by atoms with Crippen molar-refractivity contribution in [3.8, 4) is 0 Å². The van der Waals surface area contributed by atoms with Crippen LogP contribution in [0.1, 0.15) is 37.0 Å². The second-order valence-corrected chi connectivity index (χ2v) is 5.37. The fourth-order valence-corrected chi connectivity index (χ4v) is 2.07. The lowest BCUT2D eigenvalue weighted by atomic mass is 9.98. The predicted molar refractivity (Wildman–Crippen MR) is 67.3 cm³/mol. The predicted octanol–water partition coefficient (Wildman–Crippen LogP) is 2.65. The Kier molecular flexibility index (Phi) is 3.26. The number of non-ortho nitro benzene ring substituents is 1. The van der Waals surface area contributed by atoms with Gasteiger partial charge in [0, 0.05) is 17.7 Å². The monoisotopic (exact) mass is 266 g/mol. The topological polar surface area (TPSA) is 72.2 Å². The molecule has 0 atom stereocenters. The first kappa shape index (κ1) is 13.5. The third kappa shape index (κ3) is 2.89. The maximum absolute atomic E-state index is 13.6. The molecule has 1 N–H and O–H groups in total. The number of hydrogen-bond acceptors (Lipinski definition) is 3. The lowest BCUT2D eigenvalue weighted by Gasteiger charge is -2.26. The fourth-order valence-electron chi connectivity index (χ4n) is 2.07. The number of nitro groups is 1. The number of nitrogens with one attached hydrogen (secondary N) is 1. The van der Waals surface area contributed by atoms with E-state index in [4.69, 9.17) is 0 Å². The van der Waals surface area contributed by atoms with Crippen LogP contribution in [-0.4, -0.2) is 16.4 Å². The normalized spacial score (nSPS) is 15.1. The Morgan fingerprint density at radius 2 is 2.11 bits per heavy atom. The van der Waals surface area contributed by atoms with Gasteiger partial charge in [0.15, 0.2) is 0 Å². The highest BCUT2D eigenvalue weighted by Gasteiger charge is 2.39. The van der Waals surface area contributed by atoms with Crippen LogP contribution in [0.15, 0.2) is 18.2 Å². The van der Waals surface area contributed by atoms with Gasteiger partial charge in [-0.3, -0.25) is 14.9 Å². The molecule has 2 rings (SSSR count). The van der Waals surface area contributed by atoms with E-state index in [1.54, 1.807) is 0 Å². The maximum Gasteiger partial charge on any atom is 0.270 e. The number of hydrogen-bond donors (Lipinski definition) is 1. The van der Waals surface area contributed by atoms with Crippen LogP contribution in [0.2, 0.25) is 0 Å². The molecule has 1 aromatic rings. The van der Waals surface area contributed by atoms with Crippen molar-refractivity contribution in [2.24, 2.45) is 5.92 Å². The van der Waals surface area contributed by atoms with E-state index in [0.29, 0.717) is 5.92 Å². The van der Waals surface area contributed by atoms with Gasteiger partial charge in [-0.25, -0.2) is 4.39 Å². The van der Waals surface area contributed by atoms with Gasteiger partial charge in [-0.05, 0) is 38.7 Å². The number of nitro benzene ring substituents is 1. The molecule has 0 aliphatic heterocycles. The summed E-state index contributed by atoms with van der Waals surface area (Å²) in [6.45, 7) is 3.75. The average Bonchev–Trinajstić information content (AvgIpc) is 3.12. The number of carbonyl (C=O) groups is 1. The van der Waals surface area contributed by atoms with Crippen LogP contribution >= 0.6 is 0 Å². The van der Waals surface area contributed by atoms with E-state index in [2.05, 4.69) is 5.32 Å². The molecular formula is C13H15FN2O3. The third-order valence-corrected chi connectivity index (χ3v) is 3.44. The molecule has 1 fully saturated rings. The van der Waals surface area contributed by atoms with E-state index in [1.165, 1.54) is 0 Å². The molecule has 0 spiro atoms. The Morgan fingerprint density at radius 1 is 1.47 bits per heavy atom. The Labute approximate surface area is 110 Å². The SMILES string of the molecule is CC(C)(NC(=O)c1cc([N+](=O)[O-])ccc1F)C1CC1.